The van der Waals surface area contributed by atoms with E-state index in [2.05, 4.69) is 4.90 Å². The van der Waals surface area contributed by atoms with Crippen LogP contribution in [0.15, 0.2) is 59.7 Å². The predicted octanol–water partition coefficient (Wildman–Crippen LogP) is 3.40. The van der Waals surface area contributed by atoms with Crippen molar-refractivity contribution in [3.8, 4) is 11.5 Å². The van der Waals surface area contributed by atoms with Crippen LogP contribution in [0, 0.1) is 10.1 Å². The van der Waals surface area contributed by atoms with Crippen molar-refractivity contribution in [3.63, 3.8) is 0 Å². The molecule has 1 aliphatic carbocycles. The average molecular weight is 536 g/mol. The van der Waals surface area contributed by atoms with Crippen molar-refractivity contribution < 1.29 is 34.3 Å². The second-order valence-electron chi connectivity index (χ2n) is 9.68. The molecule has 0 radical (unpaired) electrons. The molecule has 0 spiro atoms. The number of anilines is 1. The van der Waals surface area contributed by atoms with Crippen molar-refractivity contribution in [3.05, 3.63) is 80.9 Å². The summed E-state index contributed by atoms with van der Waals surface area (Å²) in [5.74, 6) is -2.77. The molecule has 204 valence electrons. The molecule has 11 nitrogen and oxygen atoms in total. The number of nitro groups is 1. The topological polar surface area (TPSA) is 151 Å². The maximum atomic E-state index is 13.3. The van der Waals surface area contributed by atoms with E-state index in [1.54, 1.807) is 18.2 Å². The molecule has 11 heteroatoms. The predicted molar refractivity (Wildman–Crippen MR) is 142 cm³/mol. The quantitative estimate of drug-likeness (QED) is 0.169. The fraction of sp³-hybridized carbons (Fsp3) is 0.321. The molecule has 2 aromatic carbocycles. The first-order valence-corrected chi connectivity index (χ1v) is 12.4. The van der Waals surface area contributed by atoms with Crippen molar-refractivity contribution in [1.82, 2.24) is 4.90 Å². The Hall–Kier alpha value is -4.51. The first-order chi connectivity index (χ1) is 18.5. The molecular formula is C28H29N3O8. The lowest BCUT2D eigenvalue weighted by Crippen LogP contribution is -2.48. The zero-order valence-corrected chi connectivity index (χ0v) is 21.6. The molecule has 1 unspecified atom stereocenters. The number of rotatable bonds is 8. The minimum absolute atomic E-state index is 0.0200. The zero-order chi connectivity index (χ0) is 28.3. The summed E-state index contributed by atoms with van der Waals surface area (Å²) >= 11 is 0. The maximum Gasteiger partial charge on any atom is 0.320 e. The summed E-state index contributed by atoms with van der Waals surface area (Å²) in [6.45, 7) is 5.97. The molecule has 0 bridgehead atoms. The van der Waals surface area contributed by atoms with E-state index in [0.29, 0.717) is 26.2 Å². The summed E-state index contributed by atoms with van der Waals surface area (Å²) in [5.41, 5.74) is 1.15. The number of phenolic OH excluding ortho intramolecular Hbond substituents is 2. The van der Waals surface area contributed by atoms with Gasteiger partial charge in [0.2, 0.25) is 0 Å². The Labute approximate surface area is 224 Å². The molecule has 4 rings (SSSR count). The second kappa shape index (κ2) is 11.5. The summed E-state index contributed by atoms with van der Waals surface area (Å²) < 4.78 is 5.71. The van der Waals surface area contributed by atoms with Gasteiger partial charge in [0.1, 0.15) is 17.6 Å². The number of esters is 1. The number of hydrogen-bond acceptors (Lipinski definition) is 10. The van der Waals surface area contributed by atoms with Gasteiger partial charge in [-0.05, 0) is 44.2 Å². The third-order valence-corrected chi connectivity index (χ3v) is 6.70. The maximum absolute atomic E-state index is 13.3. The average Bonchev–Trinajstić information content (AvgIpc) is 2.90. The van der Waals surface area contributed by atoms with E-state index in [9.17, 15) is 34.7 Å². The first-order valence-electron chi connectivity index (χ1n) is 12.4. The number of allylic oxidation sites excluding steroid dienone is 2. The molecule has 1 heterocycles. The van der Waals surface area contributed by atoms with Gasteiger partial charge in [-0.2, -0.15) is 0 Å². The smallest absolute Gasteiger partial charge is 0.320 e. The minimum atomic E-state index is -1.06. The van der Waals surface area contributed by atoms with Crippen molar-refractivity contribution >= 4 is 28.9 Å². The number of nitrogens with zero attached hydrogens (tertiary/aromatic N) is 3. The number of ketones is 2. The molecule has 39 heavy (non-hydrogen) atoms. The Balaban J connectivity index is 1.43. The van der Waals surface area contributed by atoms with E-state index >= 15 is 0 Å². The summed E-state index contributed by atoms with van der Waals surface area (Å²) in [5, 5.41) is 31.2. The van der Waals surface area contributed by atoms with E-state index in [0.717, 1.165) is 29.5 Å². The molecule has 1 saturated heterocycles. The Morgan fingerprint density at radius 3 is 2.23 bits per heavy atom. The third-order valence-electron chi connectivity index (χ3n) is 6.70. The number of aromatic hydroxyl groups is 2. The fourth-order valence-electron chi connectivity index (χ4n) is 4.63. The number of non-ortho nitro benzene ring substituents is 1. The normalized spacial score (nSPS) is 16.3. The highest BCUT2D eigenvalue weighted by molar-refractivity contribution is 6.27. The molecule has 2 aromatic rings. The Morgan fingerprint density at radius 1 is 1.03 bits per heavy atom. The van der Waals surface area contributed by atoms with Crippen molar-refractivity contribution in [2.24, 2.45) is 0 Å². The Morgan fingerprint density at radius 2 is 1.64 bits per heavy atom. The number of fused-ring (bicyclic) bond motifs is 1. The number of carbonyl (C=O) groups excluding carboxylic acids is 3. The summed E-state index contributed by atoms with van der Waals surface area (Å²) in [4.78, 5) is 53.4. The van der Waals surface area contributed by atoms with Gasteiger partial charge < -0.3 is 19.8 Å². The van der Waals surface area contributed by atoms with Crippen LogP contribution in [0.3, 0.4) is 0 Å². The number of carbonyl (C=O) groups is 3. The van der Waals surface area contributed by atoms with E-state index in [1.165, 1.54) is 12.1 Å². The van der Waals surface area contributed by atoms with Crippen LogP contribution in [0.5, 0.6) is 11.5 Å². The second-order valence-corrected chi connectivity index (χ2v) is 9.68. The van der Waals surface area contributed by atoms with Crippen LogP contribution in [0.1, 0.15) is 41.0 Å². The fourth-order valence-corrected chi connectivity index (χ4v) is 4.63. The van der Waals surface area contributed by atoms with Crippen molar-refractivity contribution in [2.75, 3.05) is 37.6 Å². The van der Waals surface area contributed by atoms with Crippen LogP contribution in [-0.4, -0.2) is 76.4 Å². The third kappa shape index (κ3) is 6.15. The van der Waals surface area contributed by atoms with E-state index in [1.807, 2.05) is 18.7 Å². The number of Topliss-reactive ketones (excluding diaryl/α,β-unsaturated/α-hetero) is 1. The molecule has 0 amide bonds. The lowest BCUT2D eigenvalue weighted by molar-refractivity contribution is -0.384. The molecule has 1 aliphatic heterocycles. The van der Waals surface area contributed by atoms with Crippen molar-refractivity contribution in [1.29, 1.82) is 0 Å². The van der Waals surface area contributed by atoms with E-state index in [-0.39, 0.29) is 35.4 Å². The van der Waals surface area contributed by atoms with Gasteiger partial charge in [0.05, 0.1) is 22.6 Å². The van der Waals surface area contributed by atoms with Crippen LogP contribution < -0.4 is 4.90 Å². The van der Waals surface area contributed by atoms with Gasteiger partial charge >= 0.3 is 5.97 Å². The molecule has 0 saturated carbocycles. The van der Waals surface area contributed by atoms with Crippen LogP contribution in [0.4, 0.5) is 11.4 Å². The molecule has 1 fully saturated rings. The number of benzene rings is 2. The molecule has 0 aromatic heterocycles. The van der Waals surface area contributed by atoms with Gasteiger partial charge in [-0.25, -0.2) is 0 Å². The number of phenols is 2. The summed E-state index contributed by atoms with van der Waals surface area (Å²) in [6.07, 6.45) is 1.95. The number of piperazine rings is 1. The van der Waals surface area contributed by atoms with Crippen LogP contribution in [0.2, 0.25) is 0 Å². The largest absolute Gasteiger partial charge is 0.507 e. The van der Waals surface area contributed by atoms with E-state index < -0.39 is 40.1 Å². The van der Waals surface area contributed by atoms with Gasteiger partial charge in [-0.1, -0.05) is 11.6 Å². The van der Waals surface area contributed by atoms with Crippen LogP contribution >= 0.6 is 0 Å². The highest BCUT2D eigenvalue weighted by Gasteiger charge is 2.36. The zero-order valence-electron chi connectivity index (χ0n) is 21.6. The highest BCUT2D eigenvalue weighted by atomic mass is 16.6. The number of nitro benzene ring substituents is 1. The van der Waals surface area contributed by atoms with Gasteiger partial charge in [0.25, 0.3) is 5.69 Å². The lowest BCUT2D eigenvalue weighted by atomic mass is 9.85. The highest BCUT2D eigenvalue weighted by Crippen LogP contribution is 2.36. The molecule has 2 N–H and O–H groups in total. The SMILES string of the molecule is CC(C)=CCC(OC(=O)CN1CCN(c2ccc([N+](=O)[O-])cc2)CC1)C1=CC(=O)c2c(O)ccc(O)c2C1=O. The molecular weight excluding hydrogens is 506 g/mol. The van der Waals surface area contributed by atoms with Gasteiger partial charge in [-0.3, -0.25) is 29.4 Å². The van der Waals surface area contributed by atoms with Gasteiger partial charge in [-0.15, -0.1) is 0 Å². The van der Waals surface area contributed by atoms with Crippen LogP contribution in [0.25, 0.3) is 0 Å². The van der Waals surface area contributed by atoms with Crippen molar-refractivity contribution in [2.45, 2.75) is 26.4 Å². The first kappa shape index (κ1) is 27.5. The molecule has 2 aliphatic rings. The Kier molecular flexibility index (Phi) is 8.10. The van der Waals surface area contributed by atoms with Gasteiger partial charge in [0, 0.05) is 56.0 Å². The molecule has 1 atom stereocenters. The number of ether oxygens (including phenoxy) is 1. The summed E-state index contributed by atoms with van der Waals surface area (Å²) in [6, 6.07) is 8.58. The monoisotopic (exact) mass is 535 g/mol. The van der Waals surface area contributed by atoms with E-state index in [4.69, 9.17) is 4.74 Å². The van der Waals surface area contributed by atoms with Gasteiger partial charge in [0.15, 0.2) is 11.6 Å². The van der Waals surface area contributed by atoms with Crippen LogP contribution in [-0.2, 0) is 9.53 Å². The standard InChI is InChI=1S/C28H29N3O8/c1-17(2)3-10-24(20-15-23(34)26-21(32)8-9-22(33)27(26)28(20)36)39-25(35)16-29-11-13-30(14-12-29)18-4-6-19(7-5-18)31(37)38/h3-9,15,24,32-33H,10-14,16H2,1-2H3. The number of hydrogen-bond donors (Lipinski definition) is 2. The lowest BCUT2D eigenvalue weighted by Gasteiger charge is -2.35. The summed E-state index contributed by atoms with van der Waals surface area (Å²) in [7, 11) is 0. The minimum Gasteiger partial charge on any atom is -0.507 e. The Bertz CT molecular complexity index is 1370.